The highest BCUT2D eigenvalue weighted by Gasteiger charge is 2.29. The second-order valence-corrected chi connectivity index (χ2v) is 3.85. The smallest absolute Gasteiger partial charge is 0.359 e. The summed E-state index contributed by atoms with van der Waals surface area (Å²) in [7, 11) is 1.37. The molecule has 2 heterocycles. The van der Waals surface area contributed by atoms with Crippen molar-refractivity contribution in [2.45, 2.75) is 26.0 Å². The number of ether oxygens (including phenoxy) is 3. The number of imidazole rings is 1. The lowest BCUT2D eigenvalue weighted by atomic mass is 10.2. The molecule has 6 nitrogen and oxygen atoms in total. The number of hydrogen-bond donors (Lipinski definition) is 0. The molecule has 18 heavy (non-hydrogen) atoms. The molecule has 1 aliphatic rings. The molecule has 2 rings (SSSR count). The molecule has 0 amide bonds. The average Bonchev–Trinajstić information content (AvgIpc) is 2.60. The van der Waals surface area contributed by atoms with Crippen LogP contribution in [0.2, 0.25) is 0 Å². The highest BCUT2D eigenvalue weighted by Crippen LogP contribution is 2.22. The molecule has 0 saturated carbocycles. The van der Waals surface area contributed by atoms with Crippen molar-refractivity contribution in [1.29, 1.82) is 0 Å². The van der Waals surface area contributed by atoms with E-state index in [0.29, 0.717) is 13.2 Å². The summed E-state index contributed by atoms with van der Waals surface area (Å²) in [4.78, 5) is 15.2. The van der Waals surface area contributed by atoms with E-state index < -0.39 is 11.9 Å². The largest absolute Gasteiger partial charge is 0.468 e. The summed E-state index contributed by atoms with van der Waals surface area (Å²) in [6.45, 7) is 2.83. The Morgan fingerprint density at radius 2 is 2.39 bits per heavy atom. The van der Waals surface area contributed by atoms with Crippen LogP contribution >= 0.6 is 0 Å². The number of nitrogens with zero attached hydrogens (tertiary/aromatic N) is 2. The quantitative estimate of drug-likeness (QED) is 0.737. The van der Waals surface area contributed by atoms with Gasteiger partial charge in [0, 0.05) is 6.61 Å². The Balaban J connectivity index is 2.29. The first kappa shape index (κ1) is 12.8. The molecule has 0 bridgehead atoms. The van der Waals surface area contributed by atoms with E-state index in [4.69, 9.17) is 14.2 Å². The van der Waals surface area contributed by atoms with Gasteiger partial charge in [0.25, 0.3) is 6.01 Å². The first-order valence-corrected chi connectivity index (χ1v) is 5.76. The maximum atomic E-state index is 13.7. The van der Waals surface area contributed by atoms with Gasteiger partial charge in [-0.25, -0.2) is 4.79 Å². The van der Waals surface area contributed by atoms with Crippen LogP contribution in [0.25, 0.3) is 0 Å². The highest BCUT2D eigenvalue weighted by molar-refractivity contribution is 5.88. The monoisotopic (exact) mass is 258 g/mol. The van der Waals surface area contributed by atoms with Crippen molar-refractivity contribution in [3.05, 3.63) is 11.6 Å². The Hall–Kier alpha value is -1.63. The number of esters is 1. The summed E-state index contributed by atoms with van der Waals surface area (Å²) < 4.78 is 30.0. The Morgan fingerprint density at radius 1 is 1.67 bits per heavy atom. The molecule has 1 aromatic rings. The zero-order valence-electron chi connectivity index (χ0n) is 10.3. The van der Waals surface area contributed by atoms with Crippen LogP contribution in [0.4, 0.5) is 4.39 Å². The molecular weight excluding hydrogens is 243 g/mol. The van der Waals surface area contributed by atoms with E-state index in [-0.39, 0.29) is 24.4 Å². The predicted molar refractivity (Wildman–Crippen MR) is 59.1 cm³/mol. The second-order valence-electron chi connectivity index (χ2n) is 3.85. The molecule has 0 aromatic carbocycles. The maximum absolute atomic E-state index is 13.7. The molecule has 0 N–H and O–H groups in total. The van der Waals surface area contributed by atoms with Gasteiger partial charge < -0.3 is 14.2 Å². The standard InChI is InChI=1S/C11H15FN2O4/c1-3-17-10(15)8-9(12)13-11(16-2)14(8)6-7-4-5-18-7/h7H,3-6H2,1-2H3/t7-/m0/s1. The van der Waals surface area contributed by atoms with Crippen molar-refractivity contribution in [2.24, 2.45) is 0 Å². The van der Waals surface area contributed by atoms with Gasteiger partial charge in [0.2, 0.25) is 5.95 Å². The number of rotatable bonds is 5. The van der Waals surface area contributed by atoms with E-state index in [0.717, 1.165) is 6.42 Å². The van der Waals surface area contributed by atoms with Gasteiger partial charge in [-0.2, -0.15) is 9.37 Å². The van der Waals surface area contributed by atoms with Gasteiger partial charge in [0.15, 0.2) is 5.69 Å². The fourth-order valence-electron chi connectivity index (χ4n) is 1.76. The van der Waals surface area contributed by atoms with Crippen LogP contribution in [-0.4, -0.2) is 41.9 Å². The molecule has 1 aliphatic heterocycles. The fourth-order valence-corrected chi connectivity index (χ4v) is 1.76. The highest BCUT2D eigenvalue weighted by atomic mass is 19.1. The minimum Gasteiger partial charge on any atom is -0.468 e. The van der Waals surface area contributed by atoms with Crippen LogP contribution in [0.5, 0.6) is 6.01 Å². The van der Waals surface area contributed by atoms with E-state index in [1.807, 2.05) is 0 Å². The molecule has 1 atom stereocenters. The summed E-state index contributed by atoms with van der Waals surface area (Å²) in [5, 5.41) is 0. The van der Waals surface area contributed by atoms with Crippen molar-refractivity contribution in [1.82, 2.24) is 9.55 Å². The van der Waals surface area contributed by atoms with Crippen LogP contribution in [-0.2, 0) is 16.0 Å². The molecule has 1 fully saturated rings. The third-order valence-corrected chi connectivity index (χ3v) is 2.72. The van der Waals surface area contributed by atoms with Crippen molar-refractivity contribution < 1.29 is 23.4 Å². The van der Waals surface area contributed by atoms with E-state index in [9.17, 15) is 9.18 Å². The Bertz CT molecular complexity index is 442. The van der Waals surface area contributed by atoms with Gasteiger partial charge in [-0.05, 0) is 13.3 Å². The van der Waals surface area contributed by atoms with Gasteiger partial charge >= 0.3 is 5.97 Å². The topological polar surface area (TPSA) is 62.6 Å². The molecule has 0 aliphatic carbocycles. The summed E-state index contributed by atoms with van der Waals surface area (Å²) >= 11 is 0. The number of carbonyl (C=O) groups is 1. The first-order valence-electron chi connectivity index (χ1n) is 5.76. The van der Waals surface area contributed by atoms with Crippen molar-refractivity contribution in [3.63, 3.8) is 0 Å². The molecule has 100 valence electrons. The van der Waals surface area contributed by atoms with Crippen molar-refractivity contribution >= 4 is 5.97 Å². The molecule has 1 saturated heterocycles. The molecule has 1 aromatic heterocycles. The van der Waals surface area contributed by atoms with E-state index in [2.05, 4.69) is 4.98 Å². The second kappa shape index (κ2) is 5.34. The van der Waals surface area contributed by atoms with Crippen LogP contribution in [0.15, 0.2) is 0 Å². The molecule has 0 unspecified atom stereocenters. The number of carbonyl (C=O) groups excluding carboxylic acids is 1. The zero-order valence-corrected chi connectivity index (χ0v) is 10.3. The normalized spacial score (nSPS) is 18.3. The molecule has 7 heteroatoms. The number of aromatic nitrogens is 2. The van der Waals surface area contributed by atoms with Crippen LogP contribution in [0.3, 0.4) is 0 Å². The van der Waals surface area contributed by atoms with Crippen molar-refractivity contribution in [3.8, 4) is 6.01 Å². The minimum absolute atomic E-state index is 0.0410. The average molecular weight is 258 g/mol. The van der Waals surface area contributed by atoms with Crippen LogP contribution < -0.4 is 4.74 Å². The summed E-state index contributed by atoms with van der Waals surface area (Å²) in [6.07, 6.45) is 0.825. The maximum Gasteiger partial charge on any atom is 0.359 e. The summed E-state index contributed by atoms with van der Waals surface area (Å²) in [6, 6.07) is 0.0473. The number of hydrogen-bond acceptors (Lipinski definition) is 5. The van der Waals surface area contributed by atoms with Crippen LogP contribution in [0, 0.1) is 5.95 Å². The molecule has 0 radical (unpaired) electrons. The van der Waals surface area contributed by atoms with E-state index in [1.54, 1.807) is 6.92 Å². The summed E-state index contributed by atoms with van der Waals surface area (Å²) in [5.41, 5.74) is -0.218. The molecular formula is C11H15FN2O4. The van der Waals surface area contributed by atoms with Gasteiger partial charge in [-0.1, -0.05) is 0 Å². The minimum atomic E-state index is -0.885. The SMILES string of the molecule is CCOC(=O)c1c(F)nc(OC)n1C[C@@H]1CCO1. The van der Waals surface area contributed by atoms with Gasteiger partial charge in [0.1, 0.15) is 0 Å². The Kier molecular flexibility index (Phi) is 3.81. The lowest BCUT2D eigenvalue weighted by Gasteiger charge is -2.27. The predicted octanol–water partition coefficient (Wildman–Crippen LogP) is 0.996. The van der Waals surface area contributed by atoms with Gasteiger partial charge in [-0.3, -0.25) is 4.57 Å². The third-order valence-electron chi connectivity index (χ3n) is 2.72. The Labute approximate surface area is 104 Å². The number of halogens is 1. The third kappa shape index (κ3) is 2.31. The van der Waals surface area contributed by atoms with E-state index >= 15 is 0 Å². The Morgan fingerprint density at radius 3 is 2.89 bits per heavy atom. The summed E-state index contributed by atoms with van der Waals surface area (Å²) in [5.74, 6) is -1.63. The zero-order chi connectivity index (χ0) is 13.1. The fraction of sp³-hybridized carbons (Fsp3) is 0.636. The van der Waals surface area contributed by atoms with Crippen molar-refractivity contribution in [2.75, 3.05) is 20.3 Å². The van der Waals surface area contributed by atoms with Gasteiger partial charge in [-0.15, -0.1) is 0 Å². The first-order chi connectivity index (χ1) is 8.67. The molecule has 0 spiro atoms. The lowest BCUT2D eigenvalue weighted by molar-refractivity contribution is -0.0604. The number of methoxy groups -OCH3 is 1. The lowest BCUT2D eigenvalue weighted by Crippen LogP contribution is -2.32. The van der Waals surface area contributed by atoms with Gasteiger partial charge in [0.05, 0.1) is 26.4 Å². The van der Waals surface area contributed by atoms with Crippen LogP contribution in [0.1, 0.15) is 23.8 Å². The van der Waals surface area contributed by atoms with E-state index in [1.165, 1.54) is 11.7 Å².